The number of fused-ring (bicyclic) bond motifs is 1. The van der Waals surface area contributed by atoms with Crippen LogP contribution in [-0.2, 0) is 6.42 Å². The van der Waals surface area contributed by atoms with Gasteiger partial charge in [0, 0.05) is 6.42 Å². The van der Waals surface area contributed by atoms with Crippen LogP contribution in [-0.4, -0.2) is 27.0 Å². The fraction of sp³-hybridized carbons (Fsp3) is 0.143. The van der Waals surface area contributed by atoms with Gasteiger partial charge in [-0.3, -0.25) is 0 Å². The van der Waals surface area contributed by atoms with Crippen molar-refractivity contribution in [3.63, 3.8) is 0 Å². The zero-order valence-electron chi connectivity index (χ0n) is 10.9. The van der Waals surface area contributed by atoms with Crippen molar-refractivity contribution in [3.05, 3.63) is 48.0 Å². The summed E-state index contributed by atoms with van der Waals surface area (Å²) in [6.45, 7) is 0. The van der Waals surface area contributed by atoms with Gasteiger partial charge in [0.2, 0.25) is 5.95 Å². The van der Waals surface area contributed by atoms with Gasteiger partial charge < -0.3 is 10.5 Å². The summed E-state index contributed by atoms with van der Waals surface area (Å²) >= 11 is 0. The number of ether oxygens (including phenoxy) is 1. The van der Waals surface area contributed by atoms with Gasteiger partial charge in [-0.25, -0.2) is 19.9 Å². The highest BCUT2D eigenvalue weighted by Gasteiger charge is 2.08. The molecule has 100 valence electrons. The maximum absolute atomic E-state index is 5.73. The molecule has 20 heavy (non-hydrogen) atoms. The lowest BCUT2D eigenvalue weighted by atomic mass is 10.1. The Bertz CT molecular complexity index is 742. The fourth-order valence-electron chi connectivity index (χ4n) is 2.03. The summed E-state index contributed by atoms with van der Waals surface area (Å²) in [6, 6.07) is 7.81. The van der Waals surface area contributed by atoms with E-state index >= 15 is 0 Å². The van der Waals surface area contributed by atoms with Gasteiger partial charge in [0.05, 0.1) is 19.0 Å². The van der Waals surface area contributed by atoms with Crippen LogP contribution in [0.4, 0.5) is 5.95 Å². The number of methoxy groups -OCH3 is 1. The van der Waals surface area contributed by atoms with Crippen LogP contribution in [0.15, 0.2) is 36.8 Å². The van der Waals surface area contributed by atoms with Crippen LogP contribution in [0.3, 0.4) is 0 Å². The van der Waals surface area contributed by atoms with Gasteiger partial charge in [-0.1, -0.05) is 12.1 Å². The Hall–Kier alpha value is -2.76. The number of hydrogen-bond acceptors (Lipinski definition) is 6. The summed E-state index contributed by atoms with van der Waals surface area (Å²) in [5.74, 6) is 1.05. The summed E-state index contributed by atoms with van der Waals surface area (Å²) < 4.78 is 5.14. The van der Waals surface area contributed by atoms with Crippen molar-refractivity contribution in [3.8, 4) is 5.75 Å². The van der Waals surface area contributed by atoms with E-state index in [0.29, 0.717) is 11.9 Å². The molecule has 0 aliphatic rings. The molecule has 2 aromatic heterocycles. The van der Waals surface area contributed by atoms with E-state index in [-0.39, 0.29) is 5.95 Å². The van der Waals surface area contributed by atoms with E-state index in [1.54, 1.807) is 13.3 Å². The Labute approximate surface area is 115 Å². The molecule has 3 rings (SSSR count). The van der Waals surface area contributed by atoms with Crippen LogP contribution in [0.1, 0.15) is 11.3 Å². The van der Waals surface area contributed by atoms with Crippen molar-refractivity contribution in [2.24, 2.45) is 0 Å². The van der Waals surface area contributed by atoms with Gasteiger partial charge in [-0.2, -0.15) is 0 Å². The lowest BCUT2D eigenvalue weighted by molar-refractivity contribution is 0.414. The molecule has 0 saturated carbocycles. The number of anilines is 1. The fourth-order valence-corrected chi connectivity index (χ4v) is 2.03. The van der Waals surface area contributed by atoms with Crippen molar-refractivity contribution >= 4 is 17.0 Å². The zero-order valence-corrected chi connectivity index (χ0v) is 10.9. The van der Waals surface area contributed by atoms with Gasteiger partial charge in [-0.05, 0) is 17.7 Å². The van der Waals surface area contributed by atoms with Gasteiger partial charge in [0.15, 0.2) is 0 Å². The standard InChI is InChI=1S/C14H13N5O/c1-20-10-4-2-9(3-5-10)6-11-13-12(7-16-8-17-13)19-14(15)18-11/h2-5,7-8H,6H2,1H3,(H2,15,18,19). The van der Waals surface area contributed by atoms with Crippen molar-refractivity contribution in [2.45, 2.75) is 6.42 Å². The largest absolute Gasteiger partial charge is 0.497 e. The summed E-state index contributed by atoms with van der Waals surface area (Å²) in [7, 11) is 1.64. The number of benzene rings is 1. The van der Waals surface area contributed by atoms with Gasteiger partial charge in [-0.15, -0.1) is 0 Å². The van der Waals surface area contributed by atoms with E-state index in [9.17, 15) is 0 Å². The molecule has 2 heterocycles. The van der Waals surface area contributed by atoms with Gasteiger partial charge >= 0.3 is 0 Å². The minimum absolute atomic E-state index is 0.232. The number of nitrogens with two attached hydrogens (primary N) is 1. The molecule has 3 aromatic rings. The molecule has 2 N–H and O–H groups in total. The first-order valence-corrected chi connectivity index (χ1v) is 6.11. The summed E-state index contributed by atoms with van der Waals surface area (Å²) in [4.78, 5) is 16.6. The molecule has 0 amide bonds. The van der Waals surface area contributed by atoms with Gasteiger partial charge in [0.25, 0.3) is 0 Å². The van der Waals surface area contributed by atoms with Crippen LogP contribution in [0.25, 0.3) is 11.0 Å². The number of hydrogen-bond donors (Lipinski definition) is 1. The maximum Gasteiger partial charge on any atom is 0.220 e. The molecular weight excluding hydrogens is 254 g/mol. The molecule has 1 aromatic carbocycles. The summed E-state index contributed by atoms with van der Waals surface area (Å²) in [6.07, 6.45) is 3.75. The van der Waals surface area contributed by atoms with Crippen LogP contribution < -0.4 is 10.5 Å². The van der Waals surface area contributed by atoms with Crippen molar-refractivity contribution < 1.29 is 4.74 Å². The van der Waals surface area contributed by atoms with E-state index in [1.807, 2.05) is 24.3 Å². The smallest absolute Gasteiger partial charge is 0.220 e. The number of aromatic nitrogens is 4. The van der Waals surface area contributed by atoms with Crippen LogP contribution >= 0.6 is 0 Å². The average molecular weight is 267 g/mol. The highest BCUT2D eigenvalue weighted by atomic mass is 16.5. The third-order valence-electron chi connectivity index (χ3n) is 2.98. The molecule has 0 aliphatic carbocycles. The second kappa shape index (κ2) is 5.08. The zero-order chi connectivity index (χ0) is 13.9. The normalized spacial score (nSPS) is 10.7. The molecule has 0 spiro atoms. The summed E-state index contributed by atoms with van der Waals surface area (Å²) in [5.41, 5.74) is 9.00. The topological polar surface area (TPSA) is 86.8 Å². The van der Waals surface area contributed by atoms with Crippen LogP contribution in [0.2, 0.25) is 0 Å². The van der Waals surface area contributed by atoms with Crippen LogP contribution in [0, 0.1) is 0 Å². The lowest BCUT2D eigenvalue weighted by Crippen LogP contribution is -2.03. The Morgan fingerprint density at radius 1 is 1.15 bits per heavy atom. The molecule has 0 fully saturated rings. The van der Waals surface area contributed by atoms with Crippen molar-refractivity contribution in [1.82, 2.24) is 19.9 Å². The second-order valence-electron chi connectivity index (χ2n) is 4.31. The van der Waals surface area contributed by atoms with Crippen LogP contribution in [0.5, 0.6) is 5.75 Å². The monoisotopic (exact) mass is 267 g/mol. The van der Waals surface area contributed by atoms with E-state index < -0.39 is 0 Å². The third kappa shape index (κ3) is 2.35. The molecule has 0 atom stereocenters. The molecule has 0 radical (unpaired) electrons. The maximum atomic E-state index is 5.73. The first kappa shape index (κ1) is 12.3. The average Bonchev–Trinajstić information content (AvgIpc) is 2.48. The minimum Gasteiger partial charge on any atom is -0.497 e. The molecule has 6 nitrogen and oxygen atoms in total. The quantitative estimate of drug-likeness (QED) is 0.775. The Balaban J connectivity index is 2.01. The van der Waals surface area contributed by atoms with E-state index in [4.69, 9.17) is 10.5 Å². The molecule has 0 saturated heterocycles. The SMILES string of the molecule is COc1ccc(Cc2nc(N)nc3cncnc23)cc1. The third-order valence-corrected chi connectivity index (χ3v) is 2.98. The number of nitrogens with zero attached hydrogens (tertiary/aromatic N) is 4. The Kier molecular flexibility index (Phi) is 3.12. The number of nitrogen functional groups attached to an aromatic ring is 1. The molecule has 0 bridgehead atoms. The highest BCUT2D eigenvalue weighted by molar-refractivity contribution is 5.76. The van der Waals surface area contributed by atoms with Crippen molar-refractivity contribution in [1.29, 1.82) is 0 Å². The molecule has 6 heteroatoms. The first-order valence-electron chi connectivity index (χ1n) is 6.11. The van der Waals surface area contributed by atoms with Crippen molar-refractivity contribution in [2.75, 3.05) is 12.8 Å². The predicted molar refractivity (Wildman–Crippen MR) is 75.3 cm³/mol. The Morgan fingerprint density at radius 3 is 2.70 bits per heavy atom. The Morgan fingerprint density at radius 2 is 1.95 bits per heavy atom. The molecule has 0 unspecified atom stereocenters. The first-order chi connectivity index (χ1) is 9.76. The molecule has 0 aliphatic heterocycles. The van der Waals surface area contributed by atoms with E-state index in [2.05, 4.69) is 19.9 Å². The van der Waals surface area contributed by atoms with E-state index in [0.717, 1.165) is 22.5 Å². The lowest BCUT2D eigenvalue weighted by Gasteiger charge is -2.06. The summed E-state index contributed by atoms with van der Waals surface area (Å²) in [5, 5.41) is 0. The second-order valence-corrected chi connectivity index (χ2v) is 4.31. The number of rotatable bonds is 3. The minimum atomic E-state index is 0.232. The highest BCUT2D eigenvalue weighted by Crippen LogP contribution is 2.18. The predicted octanol–water partition coefficient (Wildman–Crippen LogP) is 1.60. The van der Waals surface area contributed by atoms with Gasteiger partial charge in [0.1, 0.15) is 23.1 Å². The van der Waals surface area contributed by atoms with E-state index in [1.165, 1.54) is 6.33 Å². The molecular formula is C14H13N5O.